The number of hydrogen-bond donors (Lipinski definition) is 1. The van der Waals surface area contributed by atoms with Crippen LogP contribution in [0.25, 0.3) is 0 Å². The van der Waals surface area contributed by atoms with Crippen molar-refractivity contribution in [1.29, 1.82) is 0 Å². The lowest BCUT2D eigenvalue weighted by atomic mass is 9.74. The lowest BCUT2D eigenvalue weighted by Gasteiger charge is -2.41. The van der Waals surface area contributed by atoms with Crippen molar-refractivity contribution in [2.24, 2.45) is 5.41 Å². The maximum Gasteiger partial charge on any atom is 0.0763 e. The highest BCUT2D eigenvalue weighted by atomic mass is 79.9. The molecule has 1 heterocycles. The van der Waals surface area contributed by atoms with E-state index in [0.717, 1.165) is 19.6 Å². The van der Waals surface area contributed by atoms with Crippen molar-refractivity contribution in [3.63, 3.8) is 0 Å². The van der Waals surface area contributed by atoms with Gasteiger partial charge in [0.2, 0.25) is 0 Å². The van der Waals surface area contributed by atoms with Crippen molar-refractivity contribution in [3.05, 3.63) is 0 Å². The molecule has 0 saturated carbocycles. The second-order valence-corrected chi connectivity index (χ2v) is 5.46. The molecule has 0 spiro atoms. The molecule has 0 amide bonds. The second-order valence-electron chi connectivity index (χ2n) is 4.82. The summed E-state index contributed by atoms with van der Waals surface area (Å²) in [5, 5.41) is 10.3. The van der Waals surface area contributed by atoms with Crippen molar-refractivity contribution < 1.29 is 5.11 Å². The molecule has 2 nitrogen and oxygen atoms in total. The Morgan fingerprint density at radius 2 is 1.80 bits per heavy atom. The highest BCUT2D eigenvalue weighted by Gasteiger charge is 2.31. The van der Waals surface area contributed by atoms with Crippen LogP contribution in [0.5, 0.6) is 0 Å². The smallest absolute Gasteiger partial charge is 0.0763 e. The zero-order chi connectivity index (χ0) is 11.3. The topological polar surface area (TPSA) is 23.5 Å². The van der Waals surface area contributed by atoms with Crippen LogP contribution in [0.2, 0.25) is 0 Å². The summed E-state index contributed by atoms with van der Waals surface area (Å²) in [7, 11) is 0. The first-order valence-electron chi connectivity index (χ1n) is 6.12. The van der Waals surface area contributed by atoms with E-state index in [1.807, 2.05) is 0 Å². The summed E-state index contributed by atoms with van der Waals surface area (Å²) < 4.78 is 0. The SMILES string of the molecule is CCC1(CC)CCN(CC(O)CBr)CC1. The number of aliphatic hydroxyl groups is 1. The van der Waals surface area contributed by atoms with Crippen molar-refractivity contribution in [3.8, 4) is 0 Å². The van der Waals surface area contributed by atoms with Gasteiger partial charge in [-0.2, -0.15) is 0 Å². The first kappa shape index (κ1) is 13.5. The van der Waals surface area contributed by atoms with E-state index >= 15 is 0 Å². The van der Waals surface area contributed by atoms with E-state index in [1.165, 1.54) is 25.7 Å². The van der Waals surface area contributed by atoms with Gasteiger partial charge in [0, 0.05) is 11.9 Å². The summed E-state index contributed by atoms with van der Waals surface area (Å²) in [5.74, 6) is 0. The number of nitrogens with zero attached hydrogens (tertiary/aromatic N) is 1. The average molecular weight is 278 g/mol. The highest BCUT2D eigenvalue weighted by Crippen LogP contribution is 2.37. The van der Waals surface area contributed by atoms with Gasteiger partial charge < -0.3 is 10.0 Å². The molecule has 1 N–H and O–H groups in total. The zero-order valence-electron chi connectivity index (χ0n) is 10.0. The number of likely N-dealkylation sites (tertiary alicyclic amines) is 1. The van der Waals surface area contributed by atoms with Gasteiger partial charge in [-0.15, -0.1) is 0 Å². The molecular formula is C12H24BrNO. The van der Waals surface area contributed by atoms with Crippen LogP contribution < -0.4 is 0 Å². The van der Waals surface area contributed by atoms with Gasteiger partial charge in [0.25, 0.3) is 0 Å². The van der Waals surface area contributed by atoms with E-state index in [2.05, 4.69) is 34.7 Å². The van der Waals surface area contributed by atoms with Gasteiger partial charge in [-0.3, -0.25) is 0 Å². The van der Waals surface area contributed by atoms with Crippen LogP contribution in [0, 0.1) is 5.41 Å². The van der Waals surface area contributed by atoms with Crippen LogP contribution in [-0.4, -0.2) is 41.1 Å². The third-order valence-corrected chi connectivity index (χ3v) is 4.81. The quantitative estimate of drug-likeness (QED) is 0.781. The standard InChI is InChI=1S/C12H24BrNO/c1-3-12(4-2)5-7-14(8-6-12)10-11(15)9-13/h11,15H,3-10H2,1-2H3. The Morgan fingerprint density at radius 3 is 2.20 bits per heavy atom. The summed E-state index contributed by atoms with van der Waals surface area (Å²) in [4.78, 5) is 2.40. The molecule has 0 aromatic heterocycles. The molecule has 1 aliphatic heterocycles. The normalized spacial score (nSPS) is 24.0. The number of piperidine rings is 1. The minimum atomic E-state index is -0.208. The fourth-order valence-electron chi connectivity index (χ4n) is 2.51. The number of alkyl halides is 1. The molecule has 0 radical (unpaired) electrons. The Kier molecular flexibility index (Phi) is 5.58. The van der Waals surface area contributed by atoms with Gasteiger partial charge in [0.05, 0.1) is 6.10 Å². The number of halogens is 1. The fourth-order valence-corrected chi connectivity index (χ4v) is 2.72. The first-order chi connectivity index (χ1) is 7.15. The summed E-state index contributed by atoms with van der Waals surface area (Å²) in [6.45, 7) is 7.77. The molecule has 90 valence electrons. The van der Waals surface area contributed by atoms with Crippen molar-refractivity contribution in [2.75, 3.05) is 25.0 Å². The summed E-state index contributed by atoms with van der Waals surface area (Å²) >= 11 is 3.31. The van der Waals surface area contributed by atoms with Gasteiger partial charge in [-0.25, -0.2) is 0 Å². The Labute approximate surface area is 102 Å². The molecule has 1 aliphatic rings. The number of rotatable bonds is 5. The average Bonchev–Trinajstić information content (AvgIpc) is 2.30. The Morgan fingerprint density at radius 1 is 1.27 bits per heavy atom. The maximum absolute atomic E-state index is 9.57. The van der Waals surface area contributed by atoms with Crippen LogP contribution in [0.4, 0.5) is 0 Å². The molecular weight excluding hydrogens is 254 g/mol. The highest BCUT2D eigenvalue weighted by molar-refractivity contribution is 9.09. The predicted molar refractivity (Wildman–Crippen MR) is 68.5 cm³/mol. The van der Waals surface area contributed by atoms with Gasteiger partial charge in [0.1, 0.15) is 0 Å². The lowest BCUT2D eigenvalue weighted by molar-refractivity contribution is 0.0612. The van der Waals surface area contributed by atoms with E-state index in [0.29, 0.717) is 10.7 Å². The molecule has 15 heavy (non-hydrogen) atoms. The minimum Gasteiger partial charge on any atom is -0.391 e. The Balaban J connectivity index is 2.35. The van der Waals surface area contributed by atoms with E-state index < -0.39 is 0 Å². The molecule has 3 heteroatoms. The Bertz CT molecular complexity index is 172. The van der Waals surface area contributed by atoms with Crippen LogP contribution in [0.1, 0.15) is 39.5 Å². The number of aliphatic hydroxyl groups excluding tert-OH is 1. The van der Waals surface area contributed by atoms with E-state index in [-0.39, 0.29) is 6.10 Å². The molecule has 0 aliphatic carbocycles. The fraction of sp³-hybridized carbons (Fsp3) is 1.00. The van der Waals surface area contributed by atoms with E-state index in [1.54, 1.807) is 0 Å². The third-order valence-electron chi connectivity index (χ3n) is 4.06. The van der Waals surface area contributed by atoms with Crippen LogP contribution in [0.15, 0.2) is 0 Å². The number of β-amino-alcohol motifs (C(OH)–C–C–N with tert-alkyl or cyclic N) is 1. The zero-order valence-corrected chi connectivity index (χ0v) is 11.6. The maximum atomic E-state index is 9.57. The summed E-state index contributed by atoms with van der Waals surface area (Å²) in [6, 6.07) is 0. The molecule has 1 fully saturated rings. The Hall–Kier alpha value is 0.400. The van der Waals surface area contributed by atoms with E-state index in [4.69, 9.17) is 0 Å². The van der Waals surface area contributed by atoms with Gasteiger partial charge in [0.15, 0.2) is 0 Å². The number of hydrogen-bond acceptors (Lipinski definition) is 2. The molecule has 0 bridgehead atoms. The van der Waals surface area contributed by atoms with Gasteiger partial charge in [-0.05, 0) is 31.3 Å². The third kappa shape index (κ3) is 3.72. The van der Waals surface area contributed by atoms with Crippen LogP contribution in [-0.2, 0) is 0 Å². The molecule has 0 aromatic rings. The van der Waals surface area contributed by atoms with Crippen molar-refractivity contribution >= 4 is 15.9 Å². The van der Waals surface area contributed by atoms with Gasteiger partial charge in [-0.1, -0.05) is 42.6 Å². The largest absolute Gasteiger partial charge is 0.391 e. The van der Waals surface area contributed by atoms with Gasteiger partial charge >= 0.3 is 0 Å². The summed E-state index contributed by atoms with van der Waals surface area (Å²) in [5.41, 5.74) is 0.593. The van der Waals surface area contributed by atoms with Crippen molar-refractivity contribution in [2.45, 2.75) is 45.6 Å². The summed E-state index contributed by atoms with van der Waals surface area (Å²) in [6.07, 6.45) is 5.00. The predicted octanol–water partition coefficient (Wildman–Crippen LogP) is 2.64. The molecule has 1 unspecified atom stereocenters. The second kappa shape index (κ2) is 6.21. The van der Waals surface area contributed by atoms with Crippen molar-refractivity contribution in [1.82, 2.24) is 4.90 Å². The molecule has 1 saturated heterocycles. The van der Waals surface area contributed by atoms with E-state index in [9.17, 15) is 5.11 Å². The van der Waals surface area contributed by atoms with Crippen LogP contribution in [0.3, 0.4) is 0 Å². The molecule has 1 rings (SSSR count). The molecule has 0 aromatic carbocycles. The minimum absolute atomic E-state index is 0.208. The first-order valence-corrected chi connectivity index (χ1v) is 7.24. The lowest BCUT2D eigenvalue weighted by Crippen LogP contribution is -2.43. The monoisotopic (exact) mass is 277 g/mol. The van der Waals surface area contributed by atoms with Crippen LogP contribution >= 0.6 is 15.9 Å². The molecule has 1 atom stereocenters.